The molecule has 11 heteroatoms. The summed E-state index contributed by atoms with van der Waals surface area (Å²) in [5.74, 6) is 1.01. The van der Waals surface area contributed by atoms with Crippen LogP contribution in [0, 0.1) is 5.41 Å². The lowest BCUT2D eigenvalue weighted by molar-refractivity contribution is -0.138. The molecule has 3 aliphatic rings. The van der Waals surface area contributed by atoms with Crippen LogP contribution in [-0.4, -0.2) is 82.2 Å². The van der Waals surface area contributed by atoms with Gasteiger partial charge in [0.25, 0.3) is 5.91 Å². The summed E-state index contributed by atoms with van der Waals surface area (Å²) in [6.45, 7) is 6.76. The normalized spacial score (nSPS) is 25.1. The number of hydrogen-bond donors (Lipinski definition) is 2. The Morgan fingerprint density at radius 1 is 1.15 bits per heavy atom. The Morgan fingerprint density at radius 2 is 1.92 bits per heavy atom. The smallest absolute Gasteiger partial charge is 0.256 e. The fraction of sp³-hybridized carbons (Fsp3) is 0.500. The van der Waals surface area contributed by atoms with E-state index in [2.05, 4.69) is 37.4 Å². The third kappa shape index (κ3) is 5.10. The molecule has 2 fully saturated rings. The van der Waals surface area contributed by atoms with E-state index in [1.165, 1.54) is 31.4 Å². The molecule has 0 bridgehead atoms. The first-order valence-corrected chi connectivity index (χ1v) is 13.3. The van der Waals surface area contributed by atoms with Crippen LogP contribution in [0.4, 0.5) is 11.5 Å². The second-order valence-electron chi connectivity index (χ2n) is 11.2. The van der Waals surface area contributed by atoms with Gasteiger partial charge in [0.05, 0.1) is 24.4 Å². The average Bonchev–Trinajstić information content (AvgIpc) is 3.44. The number of methoxy groups -OCH3 is 1. The first-order chi connectivity index (χ1) is 18.6. The number of guanidine groups is 1. The minimum Gasteiger partial charge on any atom is -0.495 e. The number of anilines is 2. The molecule has 5 rings (SSSR count). The van der Waals surface area contributed by atoms with Gasteiger partial charge in [-0.15, -0.1) is 0 Å². The lowest BCUT2D eigenvalue weighted by Crippen LogP contribution is -2.62. The molecule has 11 nitrogen and oxygen atoms in total. The van der Waals surface area contributed by atoms with E-state index in [9.17, 15) is 9.59 Å². The van der Waals surface area contributed by atoms with E-state index in [-0.39, 0.29) is 17.9 Å². The van der Waals surface area contributed by atoms with Crippen molar-refractivity contribution in [3.8, 4) is 5.75 Å². The van der Waals surface area contributed by atoms with E-state index >= 15 is 0 Å². The lowest BCUT2D eigenvalue weighted by atomic mass is 9.90. The number of hydrogen-bond acceptors (Lipinski definition) is 9. The molecule has 2 N–H and O–H groups in total. The third-order valence-corrected chi connectivity index (χ3v) is 7.97. The molecule has 206 valence electrons. The number of carbonyl (C=O) groups is 2. The standard InChI is InChI=1S/C28H36N8O3/c1-27(2)17-36(19-8-6-7-9-19)28(3)22(35(4)25(27)38)15-31-26(34-28)32-20-11-10-18(14-21(20)39-5)24(37)33-23-16-29-12-13-30-23/h10-16,19,22H,6-9,17H2,1-5H3,(H,32,34)(H,30,33,37). The predicted molar refractivity (Wildman–Crippen MR) is 150 cm³/mol. The molecule has 0 spiro atoms. The Hall–Kier alpha value is -3.86. The van der Waals surface area contributed by atoms with Crippen molar-refractivity contribution in [3.63, 3.8) is 0 Å². The van der Waals surface area contributed by atoms with E-state index in [1.54, 1.807) is 30.2 Å². The molecule has 2 atom stereocenters. The molecule has 1 aromatic heterocycles. The molecule has 2 amide bonds. The first kappa shape index (κ1) is 26.7. The van der Waals surface area contributed by atoms with Gasteiger partial charge in [-0.25, -0.2) is 15.0 Å². The zero-order valence-corrected chi connectivity index (χ0v) is 23.1. The number of nitrogens with zero attached hydrogens (tertiary/aromatic N) is 6. The summed E-state index contributed by atoms with van der Waals surface area (Å²) in [4.78, 5) is 48.2. The largest absolute Gasteiger partial charge is 0.495 e. The molecular weight excluding hydrogens is 496 g/mol. The number of amides is 2. The fourth-order valence-electron chi connectivity index (χ4n) is 5.93. The predicted octanol–water partition coefficient (Wildman–Crippen LogP) is 3.42. The van der Waals surface area contributed by atoms with Gasteiger partial charge in [0.1, 0.15) is 17.5 Å². The number of rotatable bonds is 5. The maximum atomic E-state index is 13.4. The van der Waals surface area contributed by atoms with E-state index < -0.39 is 11.1 Å². The highest BCUT2D eigenvalue weighted by Crippen LogP contribution is 2.41. The van der Waals surface area contributed by atoms with Crippen LogP contribution in [0.1, 0.15) is 56.8 Å². The molecule has 3 heterocycles. The Balaban J connectivity index is 1.43. The minimum atomic E-state index is -0.693. The Kier molecular flexibility index (Phi) is 7.11. The Morgan fingerprint density at radius 3 is 2.62 bits per heavy atom. The summed E-state index contributed by atoms with van der Waals surface area (Å²) in [5, 5.41) is 6.02. The number of likely N-dealkylation sites (N-methyl/N-ethyl adjacent to an activating group) is 1. The summed E-state index contributed by atoms with van der Waals surface area (Å²) in [7, 11) is 3.39. The van der Waals surface area contributed by atoms with Crippen molar-refractivity contribution < 1.29 is 14.3 Å². The van der Waals surface area contributed by atoms with Crippen LogP contribution in [0.2, 0.25) is 0 Å². The Bertz CT molecular complexity index is 1310. The van der Waals surface area contributed by atoms with Crippen molar-refractivity contribution in [1.29, 1.82) is 0 Å². The highest BCUT2D eigenvalue weighted by molar-refractivity contribution is 6.06. The van der Waals surface area contributed by atoms with Gasteiger partial charge in [-0.3, -0.25) is 19.5 Å². The molecule has 2 aliphatic heterocycles. The molecule has 1 saturated carbocycles. The second kappa shape index (κ2) is 10.4. The number of fused-ring (bicyclic) bond motifs is 1. The summed E-state index contributed by atoms with van der Waals surface area (Å²) < 4.78 is 5.60. The maximum Gasteiger partial charge on any atom is 0.256 e. The number of carbonyl (C=O) groups excluding carboxylic acids is 2. The third-order valence-electron chi connectivity index (χ3n) is 7.97. The summed E-state index contributed by atoms with van der Waals surface area (Å²) >= 11 is 0. The number of aliphatic imine (C=N–C) groups is 2. The quantitative estimate of drug-likeness (QED) is 0.605. The maximum absolute atomic E-state index is 13.4. The van der Waals surface area contributed by atoms with Gasteiger partial charge in [0, 0.05) is 43.8 Å². The van der Waals surface area contributed by atoms with Crippen LogP contribution >= 0.6 is 0 Å². The molecule has 1 saturated heterocycles. The molecule has 2 aromatic rings. The zero-order valence-electron chi connectivity index (χ0n) is 23.1. The van der Waals surface area contributed by atoms with Gasteiger partial charge in [-0.2, -0.15) is 0 Å². The fourth-order valence-corrected chi connectivity index (χ4v) is 5.93. The number of ether oxygens (including phenoxy) is 1. The van der Waals surface area contributed by atoms with E-state index in [0.29, 0.717) is 41.4 Å². The highest BCUT2D eigenvalue weighted by Gasteiger charge is 2.54. The van der Waals surface area contributed by atoms with Gasteiger partial charge in [-0.05, 0) is 51.8 Å². The van der Waals surface area contributed by atoms with E-state index in [0.717, 1.165) is 12.8 Å². The topological polar surface area (TPSA) is 124 Å². The molecule has 39 heavy (non-hydrogen) atoms. The summed E-state index contributed by atoms with van der Waals surface area (Å²) in [5.41, 5.74) is -0.208. The van der Waals surface area contributed by atoms with Crippen LogP contribution in [-0.2, 0) is 4.79 Å². The van der Waals surface area contributed by atoms with Crippen molar-refractivity contribution in [2.45, 2.75) is 64.2 Å². The molecule has 1 aromatic carbocycles. The number of benzene rings is 1. The van der Waals surface area contributed by atoms with E-state index in [1.807, 2.05) is 27.1 Å². The zero-order chi connectivity index (χ0) is 27.8. The van der Waals surface area contributed by atoms with Crippen LogP contribution in [0.3, 0.4) is 0 Å². The summed E-state index contributed by atoms with van der Waals surface area (Å²) in [6.07, 6.45) is 10.9. The SMILES string of the molecule is COc1cc(C(=O)Nc2cnccn2)ccc1NC1=NC2(C)C(C=N1)N(C)C(=O)C(C)(C)CN2C1CCCC1. The van der Waals surface area contributed by atoms with Gasteiger partial charge >= 0.3 is 0 Å². The lowest BCUT2D eigenvalue weighted by Gasteiger charge is -2.47. The first-order valence-electron chi connectivity index (χ1n) is 13.3. The van der Waals surface area contributed by atoms with Gasteiger partial charge in [0.15, 0.2) is 5.82 Å². The van der Waals surface area contributed by atoms with Crippen LogP contribution in [0.5, 0.6) is 5.75 Å². The van der Waals surface area contributed by atoms with Crippen LogP contribution < -0.4 is 15.4 Å². The molecule has 0 radical (unpaired) electrons. The number of nitrogens with one attached hydrogen (secondary N) is 2. The van der Waals surface area contributed by atoms with Crippen LogP contribution in [0.25, 0.3) is 0 Å². The summed E-state index contributed by atoms with van der Waals surface area (Å²) in [6, 6.07) is 5.16. The molecular formula is C28H36N8O3. The average molecular weight is 533 g/mol. The second-order valence-corrected chi connectivity index (χ2v) is 11.2. The van der Waals surface area contributed by atoms with Crippen molar-refractivity contribution in [1.82, 2.24) is 19.8 Å². The van der Waals surface area contributed by atoms with Gasteiger partial charge < -0.3 is 20.3 Å². The van der Waals surface area contributed by atoms with Crippen molar-refractivity contribution in [2.75, 3.05) is 31.3 Å². The van der Waals surface area contributed by atoms with Crippen molar-refractivity contribution in [2.24, 2.45) is 15.4 Å². The highest BCUT2D eigenvalue weighted by atomic mass is 16.5. The van der Waals surface area contributed by atoms with Crippen molar-refractivity contribution >= 4 is 35.5 Å². The minimum absolute atomic E-state index is 0.0919. The van der Waals surface area contributed by atoms with Gasteiger partial charge in [0.2, 0.25) is 11.9 Å². The molecule has 2 unspecified atom stereocenters. The van der Waals surface area contributed by atoms with Gasteiger partial charge in [-0.1, -0.05) is 12.8 Å². The molecule has 1 aliphatic carbocycles. The van der Waals surface area contributed by atoms with Crippen molar-refractivity contribution in [3.05, 3.63) is 42.4 Å². The van der Waals surface area contributed by atoms with Crippen LogP contribution in [0.15, 0.2) is 46.8 Å². The Labute approximate surface area is 228 Å². The monoisotopic (exact) mass is 532 g/mol. The van der Waals surface area contributed by atoms with E-state index in [4.69, 9.17) is 9.73 Å². The number of aromatic nitrogens is 2.